The maximum atomic E-state index is 12.9. The third kappa shape index (κ3) is 3.19. The average Bonchev–Trinajstić information content (AvgIpc) is 2.46. The second-order valence-electron chi connectivity index (χ2n) is 5.10. The summed E-state index contributed by atoms with van der Waals surface area (Å²) in [6.45, 7) is 2.89. The smallest absolute Gasteiger partial charge is 0.179 e. The molecule has 104 valence electrons. The van der Waals surface area contributed by atoms with Crippen LogP contribution in [0.4, 0.5) is 4.39 Å². The number of carbonyl (C=O) groups is 1. The van der Waals surface area contributed by atoms with Gasteiger partial charge >= 0.3 is 0 Å². The first-order chi connectivity index (χ1) is 9.13. The summed E-state index contributed by atoms with van der Waals surface area (Å²) >= 11 is 0. The summed E-state index contributed by atoms with van der Waals surface area (Å²) in [6.07, 6.45) is 3.72. The van der Waals surface area contributed by atoms with Gasteiger partial charge in [0.1, 0.15) is 5.82 Å². The van der Waals surface area contributed by atoms with E-state index in [2.05, 4.69) is 4.90 Å². The van der Waals surface area contributed by atoms with Gasteiger partial charge in [-0.25, -0.2) is 4.39 Å². The van der Waals surface area contributed by atoms with Crippen molar-refractivity contribution in [3.05, 3.63) is 35.6 Å². The first kappa shape index (κ1) is 14.2. The molecule has 0 amide bonds. The van der Waals surface area contributed by atoms with Crippen molar-refractivity contribution in [2.24, 2.45) is 5.73 Å². The number of piperidine rings is 1. The molecule has 2 atom stereocenters. The number of ketones is 1. The number of likely N-dealkylation sites (tertiary alicyclic amines) is 1. The van der Waals surface area contributed by atoms with Crippen LogP contribution in [0.25, 0.3) is 0 Å². The predicted molar refractivity (Wildman–Crippen MR) is 73.3 cm³/mol. The summed E-state index contributed by atoms with van der Waals surface area (Å²) in [4.78, 5) is 14.6. The average molecular weight is 264 g/mol. The largest absolute Gasteiger partial charge is 0.316 e. The van der Waals surface area contributed by atoms with E-state index in [4.69, 9.17) is 5.73 Å². The van der Waals surface area contributed by atoms with Gasteiger partial charge in [0, 0.05) is 12.1 Å². The van der Waals surface area contributed by atoms with Crippen molar-refractivity contribution >= 4 is 5.78 Å². The molecule has 2 rings (SSSR count). The SMILES string of the molecule is CCC(N)N1CCCCC1C(=O)c1ccc(F)cc1. The van der Waals surface area contributed by atoms with Crippen molar-refractivity contribution in [2.45, 2.75) is 44.8 Å². The van der Waals surface area contributed by atoms with Crippen LogP contribution in [0, 0.1) is 5.82 Å². The molecule has 2 unspecified atom stereocenters. The molecule has 0 aliphatic carbocycles. The van der Waals surface area contributed by atoms with Gasteiger partial charge in [-0.2, -0.15) is 0 Å². The van der Waals surface area contributed by atoms with Gasteiger partial charge in [-0.1, -0.05) is 13.3 Å². The van der Waals surface area contributed by atoms with Crippen LogP contribution in [0.5, 0.6) is 0 Å². The number of hydrogen-bond acceptors (Lipinski definition) is 3. The Bertz CT molecular complexity index is 432. The van der Waals surface area contributed by atoms with Gasteiger partial charge < -0.3 is 5.73 Å². The van der Waals surface area contributed by atoms with Gasteiger partial charge in [0.2, 0.25) is 0 Å². The lowest BCUT2D eigenvalue weighted by molar-refractivity contribution is 0.0616. The Morgan fingerprint density at radius 3 is 2.74 bits per heavy atom. The molecule has 2 N–H and O–H groups in total. The van der Waals surface area contributed by atoms with E-state index in [-0.39, 0.29) is 23.8 Å². The quantitative estimate of drug-likeness (QED) is 0.850. The Hall–Kier alpha value is -1.26. The van der Waals surface area contributed by atoms with Crippen LogP contribution in [0.15, 0.2) is 24.3 Å². The molecule has 3 nitrogen and oxygen atoms in total. The summed E-state index contributed by atoms with van der Waals surface area (Å²) in [5.74, 6) is -0.258. The fourth-order valence-electron chi connectivity index (χ4n) is 2.67. The van der Waals surface area contributed by atoms with Gasteiger partial charge in [0.15, 0.2) is 5.78 Å². The van der Waals surface area contributed by atoms with Crippen molar-refractivity contribution in [1.29, 1.82) is 0 Å². The maximum Gasteiger partial charge on any atom is 0.179 e. The molecule has 1 heterocycles. The van der Waals surface area contributed by atoms with E-state index in [1.165, 1.54) is 12.1 Å². The molecule has 1 aromatic rings. The van der Waals surface area contributed by atoms with Crippen LogP contribution in [0.1, 0.15) is 43.0 Å². The Balaban J connectivity index is 2.17. The normalized spacial score (nSPS) is 22.2. The molecule has 1 aliphatic heterocycles. The number of rotatable bonds is 4. The van der Waals surface area contributed by atoms with Gasteiger partial charge in [-0.05, 0) is 43.5 Å². The van der Waals surface area contributed by atoms with Crippen molar-refractivity contribution in [3.63, 3.8) is 0 Å². The van der Waals surface area contributed by atoms with Crippen molar-refractivity contribution in [3.8, 4) is 0 Å². The van der Waals surface area contributed by atoms with E-state index in [9.17, 15) is 9.18 Å². The standard InChI is InChI=1S/C15H21FN2O/c1-2-14(17)18-10-4-3-5-13(18)15(19)11-6-8-12(16)9-7-11/h6-9,13-14H,2-5,10,17H2,1H3. The topological polar surface area (TPSA) is 46.3 Å². The first-order valence-corrected chi connectivity index (χ1v) is 6.94. The van der Waals surface area contributed by atoms with E-state index in [1.54, 1.807) is 12.1 Å². The van der Waals surface area contributed by atoms with Crippen molar-refractivity contribution in [2.75, 3.05) is 6.54 Å². The van der Waals surface area contributed by atoms with E-state index < -0.39 is 0 Å². The van der Waals surface area contributed by atoms with E-state index >= 15 is 0 Å². The number of nitrogens with two attached hydrogens (primary N) is 1. The molecule has 1 fully saturated rings. The third-order valence-corrected chi connectivity index (χ3v) is 3.82. The lowest BCUT2D eigenvalue weighted by Crippen LogP contribution is -2.53. The zero-order chi connectivity index (χ0) is 13.8. The number of Topliss-reactive ketones (excluding diaryl/α,β-unsaturated/α-hetero) is 1. The molecule has 0 bridgehead atoms. The Kier molecular flexibility index (Phi) is 4.66. The fourth-order valence-corrected chi connectivity index (χ4v) is 2.67. The fraction of sp³-hybridized carbons (Fsp3) is 0.533. The van der Waals surface area contributed by atoms with Crippen molar-refractivity contribution in [1.82, 2.24) is 4.90 Å². The van der Waals surface area contributed by atoms with Gasteiger partial charge in [-0.3, -0.25) is 9.69 Å². The van der Waals surface area contributed by atoms with E-state index in [0.29, 0.717) is 5.56 Å². The zero-order valence-corrected chi connectivity index (χ0v) is 11.3. The zero-order valence-electron chi connectivity index (χ0n) is 11.3. The van der Waals surface area contributed by atoms with Crippen LogP contribution in [0.3, 0.4) is 0 Å². The van der Waals surface area contributed by atoms with Gasteiger partial charge in [0.05, 0.1) is 12.2 Å². The monoisotopic (exact) mass is 264 g/mol. The summed E-state index contributed by atoms with van der Waals surface area (Å²) < 4.78 is 12.9. The summed E-state index contributed by atoms with van der Waals surface area (Å²) in [5.41, 5.74) is 6.66. The minimum Gasteiger partial charge on any atom is -0.316 e. The predicted octanol–water partition coefficient (Wildman–Crippen LogP) is 2.56. The minimum absolute atomic E-state index is 0.0589. The molecule has 4 heteroatoms. The van der Waals surface area contributed by atoms with Crippen molar-refractivity contribution < 1.29 is 9.18 Å². The number of nitrogens with zero attached hydrogens (tertiary/aromatic N) is 1. The lowest BCUT2D eigenvalue weighted by Gasteiger charge is -2.38. The number of benzene rings is 1. The van der Waals surface area contributed by atoms with Crippen LogP contribution in [-0.4, -0.2) is 29.4 Å². The number of halogens is 1. The third-order valence-electron chi connectivity index (χ3n) is 3.82. The highest BCUT2D eigenvalue weighted by Crippen LogP contribution is 2.22. The highest BCUT2D eigenvalue weighted by atomic mass is 19.1. The minimum atomic E-state index is -0.317. The lowest BCUT2D eigenvalue weighted by atomic mass is 9.93. The summed E-state index contributed by atoms with van der Waals surface area (Å²) in [7, 11) is 0. The Morgan fingerprint density at radius 1 is 1.42 bits per heavy atom. The molecule has 0 spiro atoms. The van der Waals surface area contributed by atoms with Gasteiger partial charge in [0.25, 0.3) is 0 Å². The second kappa shape index (κ2) is 6.26. The number of carbonyl (C=O) groups excluding carboxylic acids is 1. The maximum absolute atomic E-state index is 12.9. The molecule has 0 saturated carbocycles. The van der Waals surface area contributed by atoms with E-state index in [0.717, 1.165) is 32.2 Å². The molecular formula is C15H21FN2O. The molecular weight excluding hydrogens is 243 g/mol. The molecule has 1 aliphatic rings. The Labute approximate surface area is 113 Å². The first-order valence-electron chi connectivity index (χ1n) is 6.94. The Morgan fingerprint density at radius 2 is 2.11 bits per heavy atom. The van der Waals surface area contributed by atoms with Crippen LogP contribution in [0.2, 0.25) is 0 Å². The summed E-state index contributed by atoms with van der Waals surface area (Å²) in [6, 6.07) is 5.62. The second-order valence-corrected chi connectivity index (χ2v) is 5.10. The van der Waals surface area contributed by atoms with Crippen LogP contribution >= 0.6 is 0 Å². The number of hydrogen-bond donors (Lipinski definition) is 1. The molecule has 19 heavy (non-hydrogen) atoms. The van der Waals surface area contributed by atoms with Crippen LogP contribution in [-0.2, 0) is 0 Å². The van der Waals surface area contributed by atoms with E-state index in [1.807, 2.05) is 6.92 Å². The highest BCUT2D eigenvalue weighted by molar-refractivity contribution is 6.00. The molecule has 0 aromatic heterocycles. The van der Waals surface area contributed by atoms with Crippen LogP contribution < -0.4 is 5.73 Å². The molecule has 0 radical (unpaired) electrons. The van der Waals surface area contributed by atoms with Gasteiger partial charge in [-0.15, -0.1) is 0 Å². The molecule has 1 aromatic carbocycles. The highest BCUT2D eigenvalue weighted by Gasteiger charge is 2.31. The summed E-state index contributed by atoms with van der Waals surface area (Å²) in [5, 5.41) is 0. The molecule has 1 saturated heterocycles.